The number of hydrogen-bond acceptors (Lipinski definition) is 6. The van der Waals surface area contributed by atoms with E-state index in [0.29, 0.717) is 30.6 Å². The molecule has 0 aromatic carbocycles. The summed E-state index contributed by atoms with van der Waals surface area (Å²) in [6, 6.07) is 0.0488. The highest BCUT2D eigenvalue weighted by Crippen LogP contribution is 2.41. The number of nitrogens with one attached hydrogen (secondary N) is 1. The van der Waals surface area contributed by atoms with Crippen molar-refractivity contribution < 1.29 is 13.2 Å². The van der Waals surface area contributed by atoms with Crippen LogP contribution in [0.3, 0.4) is 0 Å². The van der Waals surface area contributed by atoms with Gasteiger partial charge in [-0.1, -0.05) is 0 Å². The molecular weight excluding hydrogens is 364 g/mol. The summed E-state index contributed by atoms with van der Waals surface area (Å²) in [5, 5.41) is 3.08. The van der Waals surface area contributed by atoms with Gasteiger partial charge in [-0.3, -0.25) is 14.7 Å². The molecule has 1 N–H and O–H groups in total. The van der Waals surface area contributed by atoms with Gasteiger partial charge in [-0.2, -0.15) is 0 Å². The maximum atomic E-state index is 12.4. The molecular formula is C16H25ClN4O3S. The van der Waals surface area contributed by atoms with Crippen molar-refractivity contribution in [2.75, 3.05) is 31.6 Å². The van der Waals surface area contributed by atoms with Gasteiger partial charge in [0.05, 0.1) is 17.6 Å². The minimum absolute atomic E-state index is 0. The average molecular weight is 389 g/mol. The molecule has 1 saturated heterocycles. The van der Waals surface area contributed by atoms with Crippen LogP contribution >= 0.6 is 12.4 Å². The number of carbonyl (C=O) groups excluding carboxylic acids is 1. The van der Waals surface area contributed by atoms with Crippen LogP contribution in [0.2, 0.25) is 0 Å². The van der Waals surface area contributed by atoms with Gasteiger partial charge in [0.25, 0.3) is 5.91 Å². The summed E-state index contributed by atoms with van der Waals surface area (Å²) in [4.78, 5) is 22.8. The molecule has 2 aliphatic rings. The second-order valence-electron chi connectivity index (χ2n) is 7.01. The van der Waals surface area contributed by atoms with Crippen LogP contribution in [0, 0.1) is 18.8 Å². The molecule has 0 bridgehead atoms. The zero-order valence-corrected chi connectivity index (χ0v) is 16.1. The van der Waals surface area contributed by atoms with Crippen molar-refractivity contribution in [3.63, 3.8) is 0 Å². The molecule has 1 aliphatic heterocycles. The molecule has 1 aliphatic carbocycles. The van der Waals surface area contributed by atoms with E-state index in [0.717, 1.165) is 12.2 Å². The van der Waals surface area contributed by atoms with E-state index >= 15 is 0 Å². The Balaban J connectivity index is 0.00000225. The minimum atomic E-state index is -2.97. The van der Waals surface area contributed by atoms with Crippen LogP contribution in [0.5, 0.6) is 0 Å². The van der Waals surface area contributed by atoms with Crippen LogP contribution in [0.25, 0.3) is 0 Å². The predicted molar refractivity (Wildman–Crippen MR) is 97.6 cm³/mol. The third-order valence-electron chi connectivity index (χ3n) is 4.78. The topological polar surface area (TPSA) is 92.3 Å². The first kappa shape index (κ1) is 20.1. The van der Waals surface area contributed by atoms with Gasteiger partial charge < -0.3 is 5.32 Å². The monoisotopic (exact) mass is 388 g/mol. The number of aromatic nitrogens is 2. The molecule has 0 radical (unpaired) electrons. The van der Waals surface area contributed by atoms with Crippen molar-refractivity contribution in [3.05, 3.63) is 23.8 Å². The molecule has 1 amide bonds. The Hall–Kier alpha value is -1.25. The number of nitrogens with zero attached hydrogens (tertiary/aromatic N) is 3. The highest BCUT2D eigenvalue weighted by atomic mass is 35.5. The third-order valence-corrected chi connectivity index (χ3v) is 5.70. The number of likely N-dealkylation sites (tertiary alicyclic amines) is 1. The first-order valence-electron chi connectivity index (χ1n) is 8.31. The average Bonchev–Trinajstić information content (AvgIpc) is 3.27. The van der Waals surface area contributed by atoms with Gasteiger partial charge in [-0.05, 0) is 31.6 Å². The zero-order chi connectivity index (χ0) is 17.3. The summed E-state index contributed by atoms with van der Waals surface area (Å²) in [5.41, 5.74) is 1.10. The molecule has 140 valence electrons. The lowest BCUT2D eigenvalue weighted by Crippen LogP contribution is -2.41. The van der Waals surface area contributed by atoms with E-state index in [1.54, 1.807) is 6.20 Å². The highest BCUT2D eigenvalue weighted by molar-refractivity contribution is 7.90. The van der Waals surface area contributed by atoms with Crippen LogP contribution in [-0.2, 0) is 9.84 Å². The van der Waals surface area contributed by atoms with E-state index in [1.807, 2.05) is 6.92 Å². The molecule has 0 unspecified atom stereocenters. The van der Waals surface area contributed by atoms with Crippen molar-refractivity contribution in [2.24, 2.45) is 11.8 Å². The predicted octanol–water partition coefficient (Wildman–Crippen LogP) is 0.692. The van der Waals surface area contributed by atoms with Gasteiger partial charge in [-0.15, -0.1) is 12.4 Å². The molecule has 2 heterocycles. The fourth-order valence-corrected chi connectivity index (χ4v) is 3.89. The van der Waals surface area contributed by atoms with Crippen molar-refractivity contribution in [2.45, 2.75) is 25.8 Å². The lowest BCUT2D eigenvalue weighted by atomic mass is 9.98. The van der Waals surface area contributed by atoms with E-state index in [1.165, 1.54) is 25.3 Å². The number of halogens is 1. The minimum Gasteiger partial charge on any atom is -0.346 e. The normalized spacial score (nSPS) is 23.9. The van der Waals surface area contributed by atoms with Gasteiger partial charge in [0.15, 0.2) is 0 Å². The molecule has 7 nitrogen and oxygen atoms in total. The third kappa shape index (κ3) is 5.62. The summed E-state index contributed by atoms with van der Waals surface area (Å²) in [7, 11) is -2.97. The van der Waals surface area contributed by atoms with Crippen molar-refractivity contribution in [1.82, 2.24) is 20.2 Å². The summed E-state index contributed by atoms with van der Waals surface area (Å²) in [6.45, 7) is 3.90. The van der Waals surface area contributed by atoms with E-state index < -0.39 is 9.84 Å². The van der Waals surface area contributed by atoms with E-state index in [-0.39, 0.29) is 30.1 Å². The Labute approximate surface area is 154 Å². The van der Waals surface area contributed by atoms with Crippen LogP contribution in [0.15, 0.2) is 12.4 Å². The Kier molecular flexibility index (Phi) is 6.40. The molecule has 9 heteroatoms. The van der Waals surface area contributed by atoms with Crippen LogP contribution < -0.4 is 5.32 Å². The largest absolute Gasteiger partial charge is 0.346 e. The van der Waals surface area contributed by atoms with Crippen LogP contribution in [0.4, 0.5) is 0 Å². The zero-order valence-electron chi connectivity index (χ0n) is 14.5. The van der Waals surface area contributed by atoms with Crippen LogP contribution in [0.1, 0.15) is 29.0 Å². The number of aryl methyl sites for hydroxylation is 1. The quantitative estimate of drug-likeness (QED) is 0.770. The Morgan fingerprint density at radius 2 is 2.00 bits per heavy atom. The van der Waals surface area contributed by atoms with Gasteiger partial charge in [0.1, 0.15) is 15.5 Å². The van der Waals surface area contributed by atoms with E-state index in [2.05, 4.69) is 20.2 Å². The standard InChI is InChI=1S/C16H24N4O3S.ClH/c1-11-7-18-14(8-17-11)16(21)19-15-10-20(5-6-24(2,22)23)9-13(15)12-3-4-12;/h7-8,12-13,15H,3-6,9-10H2,1-2H3,(H,19,21);1H/t13-,15+;/m1./s1. The Bertz CT molecular complexity index is 707. The van der Waals surface area contributed by atoms with E-state index in [4.69, 9.17) is 0 Å². The second kappa shape index (κ2) is 7.97. The second-order valence-corrected chi connectivity index (χ2v) is 9.27. The summed E-state index contributed by atoms with van der Waals surface area (Å²) in [5.74, 6) is 0.992. The Morgan fingerprint density at radius 1 is 1.28 bits per heavy atom. The summed E-state index contributed by atoms with van der Waals surface area (Å²) in [6.07, 6.45) is 6.73. The number of sulfone groups is 1. The number of amides is 1. The van der Waals surface area contributed by atoms with Gasteiger partial charge in [-0.25, -0.2) is 13.4 Å². The SMILES string of the molecule is Cc1cnc(C(=O)N[C@H]2CN(CCS(C)(=O)=O)C[C@@H]2C2CC2)cn1.Cl. The molecule has 0 spiro atoms. The number of rotatable bonds is 6. The maximum absolute atomic E-state index is 12.4. The van der Waals surface area contributed by atoms with Crippen molar-refractivity contribution >= 4 is 28.2 Å². The molecule has 2 fully saturated rings. The molecule has 3 rings (SSSR count). The first-order chi connectivity index (χ1) is 11.3. The molecule has 1 saturated carbocycles. The van der Waals surface area contributed by atoms with Crippen molar-refractivity contribution in [3.8, 4) is 0 Å². The summed E-state index contributed by atoms with van der Waals surface area (Å²) < 4.78 is 22.8. The van der Waals surface area contributed by atoms with Gasteiger partial charge >= 0.3 is 0 Å². The molecule has 1 aromatic heterocycles. The fraction of sp³-hybridized carbons (Fsp3) is 0.688. The van der Waals surface area contributed by atoms with Crippen LogP contribution in [-0.4, -0.2) is 66.9 Å². The van der Waals surface area contributed by atoms with Crippen molar-refractivity contribution in [1.29, 1.82) is 0 Å². The molecule has 2 atom stereocenters. The Morgan fingerprint density at radius 3 is 2.56 bits per heavy atom. The number of hydrogen-bond donors (Lipinski definition) is 1. The molecule has 1 aromatic rings. The lowest BCUT2D eigenvalue weighted by molar-refractivity contribution is 0.0922. The molecule has 25 heavy (non-hydrogen) atoms. The smallest absolute Gasteiger partial charge is 0.271 e. The first-order valence-corrected chi connectivity index (χ1v) is 10.4. The van der Waals surface area contributed by atoms with Gasteiger partial charge in [0, 0.05) is 38.1 Å². The lowest BCUT2D eigenvalue weighted by Gasteiger charge is -2.19. The maximum Gasteiger partial charge on any atom is 0.271 e. The van der Waals surface area contributed by atoms with Gasteiger partial charge in [0.2, 0.25) is 0 Å². The summed E-state index contributed by atoms with van der Waals surface area (Å²) >= 11 is 0. The fourth-order valence-electron chi connectivity index (χ4n) is 3.30. The number of carbonyl (C=O) groups is 1. The van der Waals surface area contributed by atoms with E-state index in [9.17, 15) is 13.2 Å². The highest BCUT2D eigenvalue weighted by Gasteiger charge is 2.43.